The van der Waals surface area contributed by atoms with Crippen LogP contribution in [-0.4, -0.2) is 87.4 Å². The minimum absolute atomic E-state index is 0. The second kappa shape index (κ2) is 10.1. The molecule has 0 saturated heterocycles. The predicted molar refractivity (Wildman–Crippen MR) is 45.6 cm³/mol. The van der Waals surface area contributed by atoms with E-state index in [0.29, 0.717) is 0 Å². The van der Waals surface area contributed by atoms with Gasteiger partial charge in [-0.3, -0.25) is 8.42 Å². The molecule has 0 spiro atoms. The average Bonchev–Trinajstić information content (AvgIpc) is 1.12. The van der Waals surface area contributed by atoms with Crippen molar-refractivity contribution in [2.75, 3.05) is 0 Å². The zero-order valence-electron chi connectivity index (χ0n) is 5.50. The standard InChI is InChI=1S/Ca.Mg.2H2O3S2/c;;2*1-5(2,3)4/h;;2*(H2,1,2,3,4)/q2*+2;;/p-4. The molecule has 0 rings (SSSR count). The number of hydrogen-bond donors (Lipinski definition) is 0. The predicted octanol–water partition coefficient (Wildman–Crippen LogP) is -2.77. The number of rotatable bonds is 0. The van der Waals surface area contributed by atoms with Crippen LogP contribution in [0.25, 0.3) is 0 Å². The largest absolute Gasteiger partial charge is 2.00 e. The van der Waals surface area contributed by atoms with E-state index in [0.717, 1.165) is 0 Å². The van der Waals surface area contributed by atoms with Crippen molar-refractivity contribution >= 4 is 101 Å². The Morgan fingerprint density at radius 3 is 0.833 bits per heavy atom. The van der Waals surface area contributed by atoms with Gasteiger partial charge in [-0.1, -0.05) is 0 Å². The summed E-state index contributed by atoms with van der Waals surface area (Å²) < 4.78 is 53.3. The van der Waals surface area contributed by atoms with Gasteiger partial charge in [-0.15, -0.1) is 18.1 Å². The van der Waals surface area contributed by atoms with Crippen LogP contribution in [0.3, 0.4) is 0 Å². The smallest absolute Gasteiger partial charge is 0.780 e. The molecule has 0 aliphatic rings. The molecule has 0 atom stereocenters. The third-order valence-corrected chi connectivity index (χ3v) is 0. The van der Waals surface area contributed by atoms with E-state index in [1.807, 2.05) is 0 Å². The Morgan fingerprint density at radius 2 is 0.833 bits per heavy atom. The average molecular weight is 289 g/mol. The first-order valence-corrected chi connectivity index (χ1v) is 6.00. The molecule has 0 aliphatic carbocycles. The summed E-state index contributed by atoms with van der Waals surface area (Å²) in [6.45, 7) is 0. The van der Waals surface area contributed by atoms with Crippen LogP contribution in [0.15, 0.2) is 0 Å². The zero-order valence-corrected chi connectivity index (χ0v) is 12.4. The van der Waals surface area contributed by atoms with E-state index in [2.05, 4.69) is 22.4 Å². The van der Waals surface area contributed by atoms with Gasteiger partial charge in [-0.25, -0.2) is 0 Å². The van der Waals surface area contributed by atoms with Crippen molar-refractivity contribution in [2.45, 2.75) is 0 Å². The molecule has 12 heavy (non-hydrogen) atoms. The Labute approximate surface area is 126 Å². The zero-order chi connectivity index (χ0) is 9.00. The second-order valence-corrected chi connectivity index (χ2v) is 4.90. The van der Waals surface area contributed by atoms with Crippen LogP contribution in [0.4, 0.5) is 0 Å². The monoisotopic (exact) mass is 288 g/mol. The fraction of sp³-hybridized carbons (Fsp3) is 0. The van der Waals surface area contributed by atoms with E-state index in [1.165, 1.54) is 0 Å². The van der Waals surface area contributed by atoms with Crippen molar-refractivity contribution < 1.29 is 26.6 Å². The molecule has 0 aromatic rings. The molecular formula is CaMgO6S4. The van der Waals surface area contributed by atoms with Gasteiger partial charge in [0.05, 0.1) is 0 Å². The molecule has 0 amide bonds. The van der Waals surface area contributed by atoms with Crippen molar-refractivity contribution in [1.29, 1.82) is 0 Å². The van der Waals surface area contributed by atoms with Gasteiger partial charge in [0.1, 0.15) is 0 Å². The molecule has 0 radical (unpaired) electrons. The Kier molecular flexibility index (Phi) is 20.3. The van der Waals surface area contributed by atoms with Crippen molar-refractivity contribution in [2.24, 2.45) is 0 Å². The summed E-state index contributed by atoms with van der Waals surface area (Å²) in [5.41, 5.74) is 0. The van der Waals surface area contributed by atoms with Crippen LogP contribution in [0.2, 0.25) is 0 Å². The molecule has 0 N–H and O–H groups in total. The van der Waals surface area contributed by atoms with Crippen LogP contribution in [-0.2, 0) is 40.5 Å². The summed E-state index contributed by atoms with van der Waals surface area (Å²) >= 11 is 6.49. The van der Waals surface area contributed by atoms with Gasteiger partial charge >= 0.3 is 60.8 Å². The molecule has 0 saturated carbocycles. The molecule has 0 fully saturated rings. The summed E-state index contributed by atoms with van der Waals surface area (Å²) in [5.74, 6) is 0. The van der Waals surface area contributed by atoms with E-state index >= 15 is 0 Å². The summed E-state index contributed by atoms with van der Waals surface area (Å²) in [6, 6.07) is 0. The molecule has 0 aromatic heterocycles. The van der Waals surface area contributed by atoms with Crippen LogP contribution in [0.5, 0.6) is 0 Å². The van der Waals surface area contributed by atoms with Crippen LogP contribution < -0.4 is 0 Å². The Balaban J connectivity index is -0.0000000457. The first-order chi connectivity index (χ1) is 4.00. The molecule has 12 heteroatoms. The Hall–Kier alpha value is 2.61. The minimum atomic E-state index is -4.33. The fourth-order valence-corrected chi connectivity index (χ4v) is 0. The molecule has 0 heterocycles. The third-order valence-electron chi connectivity index (χ3n) is 0. The van der Waals surface area contributed by atoms with Crippen LogP contribution in [0, 0.1) is 0 Å². The molecule has 0 unspecified atom stereocenters. The quantitative estimate of drug-likeness (QED) is 0.438. The minimum Gasteiger partial charge on any atom is -0.780 e. The van der Waals surface area contributed by atoms with Gasteiger partial charge in [0, 0.05) is 0 Å². The van der Waals surface area contributed by atoms with Gasteiger partial charge in [-0.2, -0.15) is 0 Å². The van der Waals surface area contributed by atoms with Crippen molar-refractivity contribution in [1.82, 2.24) is 0 Å². The molecule has 0 aliphatic heterocycles. The number of hydrogen-bond acceptors (Lipinski definition) is 8. The van der Waals surface area contributed by atoms with E-state index < -0.39 is 18.1 Å². The van der Waals surface area contributed by atoms with E-state index in [9.17, 15) is 0 Å². The maximum absolute atomic E-state index is 8.89. The van der Waals surface area contributed by atoms with Gasteiger partial charge < -0.3 is 18.2 Å². The molecular weight excluding hydrogens is 289 g/mol. The first kappa shape index (κ1) is 24.0. The first-order valence-electron chi connectivity index (χ1n) is 1.33. The normalized spacial score (nSPS) is 9.67. The topological polar surface area (TPSA) is 126 Å². The van der Waals surface area contributed by atoms with E-state index in [4.69, 9.17) is 26.6 Å². The van der Waals surface area contributed by atoms with E-state index in [1.54, 1.807) is 0 Å². The van der Waals surface area contributed by atoms with Crippen molar-refractivity contribution in [3.63, 3.8) is 0 Å². The summed E-state index contributed by atoms with van der Waals surface area (Å²) in [7, 11) is -8.67. The van der Waals surface area contributed by atoms with E-state index in [-0.39, 0.29) is 60.8 Å². The third kappa shape index (κ3) is 250. The Morgan fingerprint density at radius 1 is 0.833 bits per heavy atom. The molecule has 6 nitrogen and oxygen atoms in total. The molecule has 0 aromatic carbocycles. The van der Waals surface area contributed by atoms with Gasteiger partial charge in [0.25, 0.3) is 0 Å². The van der Waals surface area contributed by atoms with Crippen LogP contribution >= 0.6 is 0 Å². The van der Waals surface area contributed by atoms with Crippen molar-refractivity contribution in [3.8, 4) is 0 Å². The summed E-state index contributed by atoms with van der Waals surface area (Å²) in [5, 5.41) is 0. The fourth-order valence-electron chi connectivity index (χ4n) is 0. The maximum atomic E-state index is 8.89. The van der Waals surface area contributed by atoms with Gasteiger partial charge in [0.15, 0.2) is 0 Å². The summed E-state index contributed by atoms with van der Waals surface area (Å²) in [4.78, 5) is 0. The van der Waals surface area contributed by atoms with Gasteiger partial charge in [-0.05, 0) is 22.4 Å². The summed E-state index contributed by atoms with van der Waals surface area (Å²) in [6.07, 6.45) is 0. The maximum Gasteiger partial charge on any atom is 2.00 e. The molecule has 0 bridgehead atoms. The second-order valence-electron chi connectivity index (χ2n) is 0.816. The Bertz CT molecular complexity index is 216. The van der Waals surface area contributed by atoms with Crippen molar-refractivity contribution in [3.05, 3.63) is 0 Å². The SMILES string of the molecule is O=S([O-])([O-])=S.O=S([O-])([O-])=S.[Ca+2].[Mg+2]. The molecule has 64 valence electrons. The van der Waals surface area contributed by atoms with Gasteiger partial charge in [0.2, 0.25) is 0 Å². The van der Waals surface area contributed by atoms with Crippen LogP contribution in [0.1, 0.15) is 0 Å².